The molecule has 0 fully saturated rings. The number of fused-ring (bicyclic) bond motifs is 12. The van der Waals surface area contributed by atoms with Crippen LogP contribution < -0.4 is 9.80 Å². The third-order valence-corrected chi connectivity index (χ3v) is 20.3. The Labute approximate surface area is 547 Å². The monoisotopic (exact) mass is 1200 g/mol. The lowest BCUT2D eigenvalue weighted by atomic mass is 9.82. The number of nitrogens with zero attached hydrogens (tertiary/aromatic N) is 2. The van der Waals surface area contributed by atoms with Crippen molar-refractivity contribution in [2.45, 2.75) is 38.5 Å². The third kappa shape index (κ3) is 8.74. The summed E-state index contributed by atoms with van der Waals surface area (Å²) < 4.78 is 13.6. The molecule has 0 N–H and O–H groups in total. The predicted molar refractivity (Wildman–Crippen MR) is 393 cm³/mol. The fourth-order valence-corrected chi connectivity index (χ4v) is 15.7. The van der Waals surface area contributed by atoms with Crippen LogP contribution in [0.4, 0.5) is 34.1 Å². The minimum atomic E-state index is -0.180. The quantitative estimate of drug-likeness (QED) is 0.129. The standard InChI is InChI=1S/C90H64N2O2/c1-89(2)77-27-15-11-23-69(77)71-49-47-67(55-79(71)89)92(68-48-50-72-70-24-12-16-28-78(70)90(3,4)80(72)56-68)66-45-37-62(38-46-66)86-74(52-54-84-88(86)76-26-14-18-30-82(76)94-84)73-51-53-83-87(75-25-13-17-29-81(75)93-83)85(73)61-35-43-65(44-36-61)91(63-39-31-59(32-40-63)57-19-7-5-8-20-57)64-41-33-60(34-42-64)58-21-9-6-10-22-58/h5-56H,1-4H3. The summed E-state index contributed by atoms with van der Waals surface area (Å²) in [6.45, 7) is 9.48. The molecule has 446 valence electrons. The van der Waals surface area contributed by atoms with E-state index in [4.69, 9.17) is 8.83 Å². The van der Waals surface area contributed by atoms with E-state index in [1.807, 2.05) is 0 Å². The molecule has 16 aromatic rings. The van der Waals surface area contributed by atoms with Crippen molar-refractivity contribution in [2.75, 3.05) is 9.80 Å². The summed E-state index contributed by atoms with van der Waals surface area (Å²) in [5, 5.41) is 4.28. The van der Waals surface area contributed by atoms with Gasteiger partial charge in [0.1, 0.15) is 22.3 Å². The van der Waals surface area contributed by atoms with E-state index in [0.717, 1.165) is 111 Å². The molecule has 18 rings (SSSR count). The fourth-order valence-electron chi connectivity index (χ4n) is 15.7. The Balaban J connectivity index is 0.804. The van der Waals surface area contributed by atoms with E-state index in [-0.39, 0.29) is 10.8 Å². The van der Waals surface area contributed by atoms with Crippen LogP contribution in [-0.4, -0.2) is 0 Å². The van der Waals surface area contributed by atoms with Gasteiger partial charge in [0.05, 0.1) is 0 Å². The maximum atomic E-state index is 6.81. The first kappa shape index (κ1) is 55.1. The summed E-state index contributed by atoms with van der Waals surface area (Å²) in [4.78, 5) is 4.83. The van der Waals surface area contributed by atoms with Gasteiger partial charge in [-0.25, -0.2) is 0 Å². The Morgan fingerprint density at radius 1 is 0.223 bits per heavy atom. The molecule has 4 nitrogen and oxygen atoms in total. The Bertz CT molecular complexity index is 5450. The second kappa shape index (κ2) is 21.4. The molecule has 2 heterocycles. The SMILES string of the molecule is CC1(C)c2ccccc2-c2ccc(N(c3ccc(-c4c(-c5ccc6oc7ccccc7c6c5-c5ccc(N(c6ccc(-c7ccccc7)cc6)c6ccc(-c7ccccc7)cc6)cc5)ccc5oc6ccccc6c45)cc3)c3ccc4c(c3)C(C)(C)c3ccccc3-4)cc21. The van der Waals surface area contributed by atoms with Gasteiger partial charge in [-0.2, -0.15) is 0 Å². The van der Waals surface area contributed by atoms with E-state index in [0.29, 0.717) is 0 Å². The number of benzene rings is 14. The second-order valence-corrected chi connectivity index (χ2v) is 26.3. The minimum Gasteiger partial charge on any atom is -0.456 e. The number of hydrogen-bond acceptors (Lipinski definition) is 4. The van der Waals surface area contributed by atoms with Crippen LogP contribution >= 0.6 is 0 Å². The lowest BCUT2D eigenvalue weighted by molar-refractivity contribution is 0.660. The Morgan fingerprint density at radius 3 is 0.926 bits per heavy atom. The maximum Gasteiger partial charge on any atom is 0.136 e. The first-order chi connectivity index (χ1) is 46.1. The summed E-state index contributed by atoms with van der Waals surface area (Å²) >= 11 is 0. The van der Waals surface area contributed by atoms with Crippen LogP contribution in [0.3, 0.4) is 0 Å². The van der Waals surface area contributed by atoms with Gasteiger partial charge in [-0.3, -0.25) is 0 Å². The van der Waals surface area contributed by atoms with Crippen LogP contribution in [0.5, 0.6) is 0 Å². The van der Waals surface area contributed by atoms with Gasteiger partial charge in [-0.1, -0.05) is 234 Å². The third-order valence-electron chi connectivity index (χ3n) is 20.3. The maximum absolute atomic E-state index is 6.81. The van der Waals surface area contributed by atoms with Crippen molar-refractivity contribution in [1.82, 2.24) is 0 Å². The Morgan fingerprint density at radius 2 is 0.521 bits per heavy atom. The van der Waals surface area contributed by atoms with Crippen molar-refractivity contribution < 1.29 is 8.83 Å². The van der Waals surface area contributed by atoms with E-state index < -0.39 is 0 Å². The highest BCUT2D eigenvalue weighted by molar-refractivity contribution is 6.20. The van der Waals surface area contributed by atoms with E-state index in [9.17, 15) is 0 Å². The van der Waals surface area contributed by atoms with Crippen molar-refractivity contribution in [3.8, 4) is 77.9 Å². The van der Waals surface area contributed by atoms with Crippen LogP contribution in [0.1, 0.15) is 49.9 Å². The molecule has 0 bridgehead atoms. The number of para-hydroxylation sites is 2. The molecule has 0 aliphatic heterocycles. The van der Waals surface area contributed by atoms with Gasteiger partial charge in [0.15, 0.2) is 0 Å². The fraction of sp³-hybridized carbons (Fsp3) is 0.0667. The van der Waals surface area contributed by atoms with Gasteiger partial charge in [-0.05, 0) is 198 Å². The molecule has 2 aliphatic carbocycles. The van der Waals surface area contributed by atoms with Gasteiger partial charge in [0.2, 0.25) is 0 Å². The van der Waals surface area contributed by atoms with Gasteiger partial charge in [0, 0.05) is 77.6 Å². The molecular weight excluding hydrogens is 1140 g/mol. The molecule has 0 unspecified atom stereocenters. The molecule has 0 saturated carbocycles. The molecule has 4 heteroatoms. The minimum absolute atomic E-state index is 0.180. The zero-order valence-electron chi connectivity index (χ0n) is 52.7. The first-order valence-electron chi connectivity index (χ1n) is 32.6. The molecule has 94 heavy (non-hydrogen) atoms. The average molecular weight is 1210 g/mol. The zero-order valence-corrected chi connectivity index (χ0v) is 52.7. The van der Waals surface area contributed by atoms with Crippen molar-refractivity contribution in [2.24, 2.45) is 0 Å². The molecule has 0 atom stereocenters. The van der Waals surface area contributed by atoms with Crippen molar-refractivity contribution in [3.05, 3.63) is 338 Å². The summed E-state index contributed by atoms with van der Waals surface area (Å²) in [6.07, 6.45) is 0. The van der Waals surface area contributed by atoms with Gasteiger partial charge >= 0.3 is 0 Å². The van der Waals surface area contributed by atoms with E-state index >= 15 is 0 Å². The van der Waals surface area contributed by atoms with Crippen LogP contribution in [0, 0.1) is 0 Å². The number of furan rings is 2. The lowest BCUT2D eigenvalue weighted by Crippen LogP contribution is -2.18. The van der Waals surface area contributed by atoms with Crippen molar-refractivity contribution >= 4 is 78.0 Å². The molecule has 2 aromatic heterocycles. The summed E-state index contributed by atoms with van der Waals surface area (Å²) in [6, 6.07) is 115. The predicted octanol–water partition coefficient (Wildman–Crippen LogP) is 25.4. The van der Waals surface area contributed by atoms with Crippen molar-refractivity contribution in [3.63, 3.8) is 0 Å². The zero-order chi connectivity index (χ0) is 62.8. The van der Waals surface area contributed by atoms with Crippen LogP contribution in [0.25, 0.3) is 122 Å². The second-order valence-electron chi connectivity index (χ2n) is 26.3. The number of rotatable bonds is 11. The summed E-state index contributed by atoms with van der Waals surface area (Å²) in [5.41, 5.74) is 31.3. The van der Waals surface area contributed by atoms with Gasteiger partial charge in [-0.15, -0.1) is 0 Å². The Hall–Kier alpha value is -11.7. The van der Waals surface area contributed by atoms with Crippen molar-refractivity contribution in [1.29, 1.82) is 0 Å². The normalized spacial score (nSPS) is 13.3. The highest BCUT2D eigenvalue weighted by atomic mass is 16.3. The highest BCUT2D eigenvalue weighted by Gasteiger charge is 2.38. The molecule has 0 amide bonds. The molecule has 0 saturated heterocycles. The molecule has 2 aliphatic rings. The topological polar surface area (TPSA) is 32.8 Å². The largest absolute Gasteiger partial charge is 0.456 e. The van der Waals surface area contributed by atoms with Gasteiger partial charge < -0.3 is 18.6 Å². The summed E-state index contributed by atoms with van der Waals surface area (Å²) in [5.74, 6) is 0. The highest BCUT2D eigenvalue weighted by Crippen LogP contribution is 2.55. The van der Waals surface area contributed by atoms with E-state index in [2.05, 4.69) is 353 Å². The molecule has 0 spiro atoms. The number of anilines is 6. The number of hydrogen-bond donors (Lipinski definition) is 0. The molecule has 14 aromatic carbocycles. The van der Waals surface area contributed by atoms with Crippen LogP contribution in [-0.2, 0) is 10.8 Å². The molecular formula is C90H64N2O2. The van der Waals surface area contributed by atoms with E-state index in [1.54, 1.807) is 0 Å². The first-order valence-corrected chi connectivity index (χ1v) is 32.6. The average Bonchev–Trinajstić information content (AvgIpc) is 1.54. The molecule has 0 radical (unpaired) electrons. The Kier molecular flexibility index (Phi) is 12.6. The van der Waals surface area contributed by atoms with Gasteiger partial charge in [0.25, 0.3) is 0 Å². The lowest BCUT2D eigenvalue weighted by Gasteiger charge is -2.30. The smallest absolute Gasteiger partial charge is 0.136 e. The van der Waals surface area contributed by atoms with E-state index in [1.165, 1.54) is 66.8 Å². The summed E-state index contributed by atoms with van der Waals surface area (Å²) in [7, 11) is 0. The van der Waals surface area contributed by atoms with Crippen LogP contribution in [0.15, 0.2) is 324 Å². The van der Waals surface area contributed by atoms with Crippen LogP contribution in [0.2, 0.25) is 0 Å².